The van der Waals surface area contributed by atoms with E-state index >= 15 is 0 Å². The van der Waals surface area contributed by atoms with E-state index in [9.17, 15) is 38.7 Å². The number of methoxy groups -OCH3 is 1. The Bertz CT molecular complexity index is 1810. The van der Waals surface area contributed by atoms with Crippen molar-refractivity contribution in [1.82, 2.24) is 31.9 Å². The van der Waals surface area contributed by atoms with Crippen molar-refractivity contribution in [2.45, 2.75) is 63.1 Å². The Labute approximate surface area is 475 Å². The minimum Gasteiger partial charge on any atom is -0.479 e. The largest absolute Gasteiger partial charge is 0.479 e. The first-order chi connectivity index (χ1) is 39.5. The Morgan fingerprint density at radius 2 is 0.926 bits per heavy atom. The molecule has 3 atom stereocenters. The van der Waals surface area contributed by atoms with E-state index in [1.807, 2.05) is 0 Å². The average molecular weight is 1160 g/mol. The van der Waals surface area contributed by atoms with Gasteiger partial charge in [-0.25, -0.2) is 4.79 Å². The molecular formula is C53H91N7O21. The maximum absolute atomic E-state index is 13.1. The topological polar surface area (TPSA) is 358 Å². The van der Waals surface area contributed by atoms with Crippen LogP contribution in [0.3, 0.4) is 0 Å². The number of ether oxygens (including phenoxy) is 13. The monoisotopic (exact) mass is 1160 g/mol. The van der Waals surface area contributed by atoms with Crippen molar-refractivity contribution in [3.8, 4) is 0 Å². The molecular weight excluding hydrogens is 1070 g/mol. The van der Waals surface area contributed by atoms with Gasteiger partial charge in [-0.1, -0.05) is 30.3 Å². The van der Waals surface area contributed by atoms with Crippen molar-refractivity contribution >= 4 is 41.4 Å². The Morgan fingerprint density at radius 3 is 1.37 bits per heavy atom. The van der Waals surface area contributed by atoms with Gasteiger partial charge >= 0.3 is 5.97 Å². The molecule has 28 nitrogen and oxygen atoms in total. The lowest BCUT2D eigenvalue weighted by Crippen LogP contribution is -2.52. The second kappa shape index (κ2) is 50.7. The van der Waals surface area contributed by atoms with Crippen LogP contribution < -0.4 is 37.6 Å². The van der Waals surface area contributed by atoms with E-state index in [-0.39, 0.29) is 38.0 Å². The Balaban J connectivity index is 1.34. The highest BCUT2D eigenvalue weighted by Gasteiger charge is 2.37. The number of hydrogen-bond acceptors (Lipinski definition) is 21. The number of carbonyl (C=O) groups excluding carboxylic acids is 6. The summed E-state index contributed by atoms with van der Waals surface area (Å²) in [6.07, 6.45) is 2.08. The van der Waals surface area contributed by atoms with Crippen LogP contribution in [-0.2, 0) is 102 Å². The van der Waals surface area contributed by atoms with Gasteiger partial charge in [-0.3, -0.25) is 28.8 Å². The van der Waals surface area contributed by atoms with Crippen molar-refractivity contribution < 1.29 is 100 Å². The molecule has 0 spiro atoms. The maximum atomic E-state index is 13.1. The highest BCUT2D eigenvalue weighted by atomic mass is 16.6. The van der Waals surface area contributed by atoms with Gasteiger partial charge in [0, 0.05) is 26.5 Å². The Morgan fingerprint density at radius 1 is 0.506 bits per heavy atom. The first kappa shape index (κ1) is 72.1. The number of aliphatic carboxylic acids is 1. The summed E-state index contributed by atoms with van der Waals surface area (Å²) in [4.78, 5) is 86.6. The van der Waals surface area contributed by atoms with Gasteiger partial charge in [-0.05, 0) is 43.6 Å². The normalized spacial score (nSPS) is 13.2. The molecule has 0 aromatic heterocycles. The lowest BCUT2D eigenvalue weighted by atomic mass is 10.1. The van der Waals surface area contributed by atoms with Crippen LogP contribution >= 0.6 is 0 Å². The van der Waals surface area contributed by atoms with Gasteiger partial charge in [-0.15, -0.1) is 0 Å². The van der Waals surface area contributed by atoms with Gasteiger partial charge in [0.15, 0.2) is 6.10 Å². The van der Waals surface area contributed by atoms with Crippen molar-refractivity contribution in [2.75, 3.05) is 192 Å². The number of amides is 6. The summed E-state index contributed by atoms with van der Waals surface area (Å²) in [5.74, 6) is -4.64. The summed E-state index contributed by atoms with van der Waals surface area (Å²) in [5, 5.41) is 24.3. The van der Waals surface area contributed by atoms with Crippen LogP contribution in [0.4, 0.5) is 0 Å². The molecule has 6 amide bonds. The molecule has 1 aromatic rings. The molecule has 0 radical (unpaired) electrons. The van der Waals surface area contributed by atoms with Crippen LogP contribution in [0.25, 0.3) is 0 Å². The summed E-state index contributed by atoms with van der Waals surface area (Å²) < 4.78 is 70.2. The molecule has 1 fully saturated rings. The fourth-order valence-electron chi connectivity index (χ4n) is 6.76. The molecule has 2 rings (SSSR count). The number of carboxylic acids is 1. The number of unbranched alkanes of at least 4 members (excludes halogenated alkanes) is 1. The third-order valence-corrected chi connectivity index (χ3v) is 11.3. The number of carboxylic acid groups (broad SMARTS) is 1. The highest BCUT2D eigenvalue weighted by molar-refractivity contribution is 5.93. The molecule has 9 N–H and O–H groups in total. The van der Waals surface area contributed by atoms with Gasteiger partial charge in [0.05, 0.1) is 178 Å². The fraction of sp³-hybridized carbons (Fsp3) is 0.755. The van der Waals surface area contributed by atoms with E-state index in [4.69, 9.17) is 67.3 Å². The van der Waals surface area contributed by atoms with Crippen molar-refractivity contribution in [3.05, 3.63) is 35.9 Å². The molecule has 0 aliphatic heterocycles. The lowest BCUT2D eigenvalue weighted by molar-refractivity contribution is -0.153. The molecule has 1 saturated carbocycles. The Kier molecular flexibility index (Phi) is 45.1. The smallest absolute Gasteiger partial charge is 0.333 e. The van der Waals surface area contributed by atoms with E-state index in [0.717, 1.165) is 12.8 Å². The second-order valence-electron chi connectivity index (χ2n) is 18.0. The number of benzene rings is 1. The molecule has 1 aromatic carbocycles. The highest BCUT2D eigenvalue weighted by Crippen LogP contribution is 2.34. The van der Waals surface area contributed by atoms with E-state index in [2.05, 4.69) is 31.9 Å². The molecule has 464 valence electrons. The summed E-state index contributed by atoms with van der Waals surface area (Å²) in [7, 11) is 1.63. The summed E-state index contributed by atoms with van der Waals surface area (Å²) in [6, 6.07) is 6.78. The van der Waals surface area contributed by atoms with Gasteiger partial charge in [-0.2, -0.15) is 0 Å². The van der Waals surface area contributed by atoms with E-state index in [0.29, 0.717) is 177 Å². The number of carbonyl (C=O) groups is 7. The van der Waals surface area contributed by atoms with Crippen LogP contribution in [-0.4, -0.2) is 257 Å². The Hall–Kier alpha value is -5.05. The van der Waals surface area contributed by atoms with Crippen LogP contribution in [0.15, 0.2) is 30.3 Å². The molecule has 0 heterocycles. The SMILES string of the molecule is COCCOCCOCCOCCOCCOCCOCCOCCOCCOCCOCCOCCC(=O)NCCCC[C@H](N)C(=O)NCC(=O)NCC(=O)N[C@@H](Cc1ccccc1)C(=O)NCC(=O)NCO[C@H](C(=O)O)C1CC1. The van der Waals surface area contributed by atoms with Crippen molar-refractivity contribution in [2.24, 2.45) is 11.7 Å². The predicted octanol–water partition coefficient (Wildman–Crippen LogP) is -2.15. The quantitative estimate of drug-likeness (QED) is 0.0255. The van der Waals surface area contributed by atoms with Gasteiger partial charge < -0.3 is 104 Å². The molecule has 0 bridgehead atoms. The number of rotatable bonds is 57. The zero-order chi connectivity index (χ0) is 58.6. The van der Waals surface area contributed by atoms with Gasteiger partial charge in [0.1, 0.15) is 12.8 Å². The third-order valence-electron chi connectivity index (χ3n) is 11.3. The number of hydrogen-bond donors (Lipinski definition) is 8. The first-order valence-electron chi connectivity index (χ1n) is 27.6. The van der Waals surface area contributed by atoms with E-state index in [1.54, 1.807) is 37.4 Å². The fourth-order valence-corrected chi connectivity index (χ4v) is 6.76. The first-order valence-corrected chi connectivity index (χ1v) is 27.6. The standard InChI is InChI=1S/C53H91N7O21/c1-69-15-16-71-19-20-73-23-24-75-27-28-77-31-32-79-35-36-80-34-33-78-30-29-76-26-25-74-22-21-72-18-17-70-14-12-46(61)55-13-6-5-9-44(54)51(65)57-38-47(62)56-40-49(64)60-45(37-42-7-3-2-4-8-42)52(66)58-39-48(63)59-41-81-50(53(67)68)43-10-11-43/h2-4,7-8,43-45,50H,5-6,9-41,54H2,1H3,(H,55,61)(H,56,62)(H,57,65)(H,58,66)(H,59,63)(H,60,64)(H,67,68)/t44-,45-,50-/m0/s1. The van der Waals surface area contributed by atoms with Crippen LogP contribution in [0, 0.1) is 5.92 Å². The number of nitrogens with two attached hydrogens (primary N) is 1. The third kappa shape index (κ3) is 43.3. The minimum absolute atomic E-state index is 0.0724. The molecule has 0 saturated heterocycles. The molecule has 28 heteroatoms. The van der Waals surface area contributed by atoms with E-state index in [1.165, 1.54) is 0 Å². The lowest BCUT2D eigenvalue weighted by Gasteiger charge is -2.19. The number of nitrogens with one attached hydrogen (secondary N) is 6. The summed E-state index contributed by atoms with van der Waals surface area (Å²) >= 11 is 0. The zero-order valence-corrected chi connectivity index (χ0v) is 47.1. The zero-order valence-electron chi connectivity index (χ0n) is 47.1. The van der Waals surface area contributed by atoms with Crippen LogP contribution in [0.1, 0.15) is 44.1 Å². The van der Waals surface area contributed by atoms with E-state index < -0.39 is 73.3 Å². The maximum Gasteiger partial charge on any atom is 0.333 e. The summed E-state index contributed by atoms with van der Waals surface area (Å²) in [6.45, 7) is 9.03. The molecule has 1 aliphatic rings. The van der Waals surface area contributed by atoms with Crippen molar-refractivity contribution in [3.63, 3.8) is 0 Å². The predicted molar refractivity (Wildman–Crippen MR) is 290 cm³/mol. The molecule has 1 aliphatic carbocycles. The van der Waals surface area contributed by atoms with Crippen LogP contribution in [0.2, 0.25) is 0 Å². The van der Waals surface area contributed by atoms with Gasteiger partial charge in [0.2, 0.25) is 35.4 Å². The summed E-state index contributed by atoms with van der Waals surface area (Å²) in [5.41, 5.74) is 6.71. The minimum atomic E-state index is -1.12. The second-order valence-corrected chi connectivity index (χ2v) is 18.0. The average Bonchev–Trinajstić information content (AvgIpc) is 4.31. The molecule has 0 unspecified atom stereocenters. The van der Waals surface area contributed by atoms with Crippen molar-refractivity contribution in [1.29, 1.82) is 0 Å². The van der Waals surface area contributed by atoms with Gasteiger partial charge in [0.25, 0.3) is 0 Å². The van der Waals surface area contributed by atoms with Crippen LogP contribution in [0.5, 0.6) is 0 Å². The molecule has 81 heavy (non-hydrogen) atoms.